The molecule has 0 spiro atoms. The van der Waals surface area contributed by atoms with Gasteiger partial charge in [-0.15, -0.1) is 11.6 Å². The summed E-state index contributed by atoms with van der Waals surface area (Å²) in [5.41, 5.74) is -0.452. The average Bonchev–Trinajstić information content (AvgIpc) is 3.02. The summed E-state index contributed by atoms with van der Waals surface area (Å²) < 4.78 is 27.3. The number of nitrogens with one attached hydrogen (secondary N) is 1. The summed E-state index contributed by atoms with van der Waals surface area (Å²) in [6.07, 6.45) is 1.56. The first-order valence-electron chi connectivity index (χ1n) is 4.94. The molecule has 3 nitrogen and oxygen atoms in total. The average molecular weight is 359 g/mol. The molecular formula is C10H10BrCl2NO2S. The van der Waals surface area contributed by atoms with Gasteiger partial charge < -0.3 is 0 Å². The third-order valence-corrected chi connectivity index (χ3v) is 5.96. The van der Waals surface area contributed by atoms with Crippen molar-refractivity contribution in [1.82, 2.24) is 4.72 Å². The molecule has 0 aliphatic heterocycles. The number of sulfonamides is 1. The van der Waals surface area contributed by atoms with Crippen molar-refractivity contribution in [3.8, 4) is 0 Å². The largest absolute Gasteiger partial charge is 0.241 e. The molecule has 0 bridgehead atoms. The van der Waals surface area contributed by atoms with Crippen molar-refractivity contribution >= 4 is 49.2 Å². The van der Waals surface area contributed by atoms with E-state index in [4.69, 9.17) is 23.2 Å². The predicted molar refractivity (Wildman–Crippen MR) is 72.2 cm³/mol. The lowest BCUT2D eigenvalue weighted by Gasteiger charge is -2.14. The molecule has 0 amide bonds. The Morgan fingerprint density at radius 2 is 2.06 bits per heavy atom. The fraction of sp³-hybridized carbons (Fsp3) is 0.400. The molecule has 1 aliphatic rings. The maximum absolute atomic E-state index is 12.1. The van der Waals surface area contributed by atoms with Crippen LogP contribution in [0.15, 0.2) is 27.6 Å². The maximum Gasteiger partial charge on any atom is 0.241 e. The van der Waals surface area contributed by atoms with Gasteiger partial charge in [-0.25, -0.2) is 13.1 Å². The smallest absolute Gasteiger partial charge is 0.207 e. The minimum Gasteiger partial charge on any atom is -0.207 e. The van der Waals surface area contributed by atoms with Crippen molar-refractivity contribution in [3.63, 3.8) is 0 Å². The molecule has 1 N–H and O–H groups in total. The van der Waals surface area contributed by atoms with Crippen molar-refractivity contribution < 1.29 is 8.42 Å². The summed E-state index contributed by atoms with van der Waals surface area (Å²) in [6, 6.07) is 4.50. The highest BCUT2D eigenvalue weighted by atomic mass is 79.9. The molecule has 1 aromatic rings. The van der Waals surface area contributed by atoms with Crippen LogP contribution in [0.5, 0.6) is 0 Å². The van der Waals surface area contributed by atoms with Crippen LogP contribution < -0.4 is 4.72 Å². The molecule has 0 unspecified atom stereocenters. The van der Waals surface area contributed by atoms with Crippen LogP contribution >= 0.6 is 39.1 Å². The molecule has 0 radical (unpaired) electrons. The Hall–Kier alpha value is 0.190. The third-order valence-electron chi connectivity index (χ3n) is 2.66. The summed E-state index contributed by atoms with van der Waals surface area (Å²) in [7, 11) is -3.53. The fourth-order valence-corrected chi connectivity index (χ4v) is 3.95. The minimum absolute atomic E-state index is 0.185. The monoisotopic (exact) mass is 357 g/mol. The van der Waals surface area contributed by atoms with Gasteiger partial charge in [0, 0.05) is 15.9 Å². The number of hydrogen-bond acceptors (Lipinski definition) is 2. The molecule has 94 valence electrons. The normalized spacial score (nSPS) is 18.1. The van der Waals surface area contributed by atoms with Gasteiger partial charge in [0.05, 0.1) is 9.92 Å². The lowest BCUT2D eigenvalue weighted by Crippen LogP contribution is -2.38. The Labute approximate surface area is 119 Å². The third kappa shape index (κ3) is 2.96. The van der Waals surface area contributed by atoms with Crippen molar-refractivity contribution in [2.24, 2.45) is 0 Å². The van der Waals surface area contributed by atoms with E-state index < -0.39 is 15.6 Å². The second-order valence-corrected chi connectivity index (χ2v) is 7.31. The van der Waals surface area contributed by atoms with Crippen molar-refractivity contribution in [2.75, 3.05) is 5.88 Å². The molecule has 1 aromatic carbocycles. The Balaban J connectivity index is 2.29. The first-order valence-corrected chi connectivity index (χ1v) is 8.12. The van der Waals surface area contributed by atoms with Crippen molar-refractivity contribution in [2.45, 2.75) is 23.3 Å². The Morgan fingerprint density at radius 1 is 1.41 bits per heavy atom. The van der Waals surface area contributed by atoms with Gasteiger partial charge in [-0.05, 0) is 47.0 Å². The van der Waals surface area contributed by atoms with Crippen LogP contribution in [0, 0.1) is 0 Å². The lowest BCUT2D eigenvalue weighted by molar-refractivity contribution is 0.559. The van der Waals surface area contributed by atoms with Gasteiger partial charge in [-0.3, -0.25) is 0 Å². The SMILES string of the molecule is O=S(=O)(NC1(CCl)CC1)c1ccc(Cl)c(Br)c1. The molecule has 0 saturated heterocycles. The molecule has 17 heavy (non-hydrogen) atoms. The Bertz CT molecular complexity index is 543. The molecule has 0 aromatic heterocycles. The van der Waals surface area contributed by atoms with E-state index in [9.17, 15) is 8.42 Å². The molecule has 1 aliphatic carbocycles. The number of alkyl halides is 1. The number of hydrogen-bond donors (Lipinski definition) is 1. The quantitative estimate of drug-likeness (QED) is 0.840. The molecule has 1 saturated carbocycles. The van der Waals surface area contributed by atoms with E-state index in [0.29, 0.717) is 15.4 Å². The van der Waals surface area contributed by atoms with Crippen molar-refractivity contribution in [3.05, 3.63) is 27.7 Å². The van der Waals surface area contributed by atoms with Crippen LogP contribution in [0.25, 0.3) is 0 Å². The molecule has 0 heterocycles. The highest BCUT2D eigenvalue weighted by Crippen LogP contribution is 2.38. The van der Waals surface area contributed by atoms with Gasteiger partial charge >= 0.3 is 0 Å². The zero-order chi connectivity index (χ0) is 12.7. The molecule has 0 atom stereocenters. The number of halogens is 3. The summed E-state index contributed by atoms with van der Waals surface area (Å²) in [5.74, 6) is 0.293. The Morgan fingerprint density at radius 3 is 2.53 bits per heavy atom. The molecular weight excluding hydrogens is 349 g/mol. The number of rotatable bonds is 4. The zero-order valence-corrected chi connectivity index (χ0v) is 12.6. The summed E-state index contributed by atoms with van der Waals surface area (Å²) in [5, 5.41) is 0.474. The van der Waals surface area contributed by atoms with Crippen LogP contribution in [0.4, 0.5) is 0 Å². The van der Waals surface area contributed by atoms with E-state index >= 15 is 0 Å². The van der Waals surface area contributed by atoms with Crippen LogP contribution in [0.2, 0.25) is 5.02 Å². The standard InChI is InChI=1S/C10H10BrCl2NO2S/c11-8-5-7(1-2-9(8)13)17(15,16)14-10(6-12)3-4-10/h1-2,5,14H,3-4,6H2. The minimum atomic E-state index is -3.53. The van der Waals surface area contributed by atoms with E-state index in [1.807, 2.05) is 0 Å². The van der Waals surface area contributed by atoms with Gasteiger partial charge in [0.15, 0.2) is 0 Å². The zero-order valence-electron chi connectivity index (χ0n) is 8.71. The van der Waals surface area contributed by atoms with E-state index in [1.165, 1.54) is 12.1 Å². The fourth-order valence-electron chi connectivity index (χ4n) is 1.40. The maximum atomic E-state index is 12.1. The van der Waals surface area contributed by atoms with Gasteiger partial charge in [-0.2, -0.15) is 0 Å². The lowest BCUT2D eigenvalue weighted by atomic mass is 10.4. The number of benzene rings is 1. The first kappa shape index (κ1) is 13.6. The second kappa shape index (κ2) is 4.70. The molecule has 7 heteroatoms. The van der Waals surface area contributed by atoms with Crippen LogP contribution in [-0.2, 0) is 10.0 Å². The highest BCUT2D eigenvalue weighted by molar-refractivity contribution is 9.10. The van der Waals surface area contributed by atoms with Crippen LogP contribution in [-0.4, -0.2) is 19.8 Å². The first-order chi connectivity index (χ1) is 7.88. The molecule has 1 fully saturated rings. The topological polar surface area (TPSA) is 46.2 Å². The van der Waals surface area contributed by atoms with Crippen LogP contribution in [0.3, 0.4) is 0 Å². The summed E-state index contributed by atoms with van der Waals surface area (Å²) in [4.78, 5) is 0.185. The van der Waals surface area contributed by atoms with Gasteiger partial charge in [0.1, 0.15) is 0 Å². The van der Waals surface area contributed by atoms with E-state index in [-0.39, 0.29) is 4.90 Å². The highest BCUT2D eigenvalue weighted by Gasteiger charge is 2.45. The van der Waals surface area contributed by atoms with E-state index in [2.05, 4.69) is 20.7 Å². The summed E-state index contributed by atoms with van der Waals surface area (Å²) >= 11 is 14.8. The van der Waals surface area contributed by atoms with Gasteiger partial charge in [0.2, 0.25) is 10.0 Å². The molecule has 2 rings (SSSR count). The van der Waals surface area contributed by atoms with E-state index in [1.54, 1.807) is 6.07 Å². The summed E-state index contributed by atoms with van der Waals surface area (Å²) in [6.45, 7) is 0. The second-order valence-electron chi connectivity index (χ2n) is 4.10. The van der Waals surface area contributed by atoms with Gasteiger partial charge in [-0.1, -0.05) is 11.6 Å². The van der Waals surface area contributed by atoms with E-state index in [0.717, 1.165) is 12.8 Å². The van der Waals surface area contributed by atoms with Crippen molar-refractivity contribution in [1.29, 1.82) is 0 Å². The Kier molecular flexibility index (Phi) is 3.77. The van der Waals surface area contributed by atoms with Gasteiger partial charge in [0.25, 0.3) is 0 Å². The van der Waals surface area contributed by atoms with Crippen LogP contribution in [0.1, 0.15) is 12.8 Å². The predicted octanol–water partition coefficient (Wildman–Crippen LogP) is 3.15.